The quantitative estimate of drug-likeness (QED) is 0.145. The molecule has 0 atom stereocenters. The van der Waals surface area contributed by atoms with Gasteiger partial charge in [0.15, 0.2) is 0 Å². The van der Waals surface area contributed by atoms with Crippen molar-refractivity contribution in [2.24, 2.45) is 0 Å². The largest absolute Gasteiger partial charge is 0.341 e. The summed E-state index contributed by atoms with van der Waals surface area (Å²) in [5.41, 5.74) is 15.8. The van der Waals surface area contributed by atoms with Crippen LogP contribution in [0.1, 0.15) is 13.8 Å². The van der Waals surface area contributed by atoms with Crippen molar-refractivity contribution in [1.82, 2.24) is 19.1 Å². The molecule has 12 rings (SSSR count). The predicted octanol–water partition coefficient (Wildman–Crippen LogP) is 15.6. The van der Waals surface area contributed by atoms with Gasteiger partial charge in [-0.05, 0) is 146 Å². The van der Waals surface area contributed by atoms with Crippen molar-refractivity contribution in [2.45, 2.75) is 26.9 Å². The van der Waals surface area contributed by atoms with Gasteiger partial charge in [0, 0.05) is 114 Å². The van der Waals surface area contributed by atoms with Crippen LogP contribution >= 0.6 is 0 Å². The summed E-state index contributed by atoms with van der Waals surface area (Å²) < 4.78 is 4.81. The summed E-state index contributed by atoms with van der Waals surface area (Å²) in [6.45, 7) is 6.26. The van der Waals surface area contributed by atoms with Gasteiger partial charge in [0.1, 0.15) is 0 Å². The zero-order valence-corrected chi connectivity index (χ0v) is 35.7. The number of hydrogen-bond acceptors (Lipinski definition) is 4. The first-order chi connectivity index (χ1) is 31.6. The molecule has 0 bridgehead atoms. The maximum Gasteiger partial charge on any atom is 0.0703 e. The fourth-order valence-corrected chi connectivity index (χ4v) is 9.95. The van der Waals surface area contributed by atoms with E-state index in [2.05, 4.69) is 225 Å². The van der Waals surface area contributed by atoms with Crippen molar-refractivity contribution >= 4 is 99.5 Å². The SMILES string of the molecule is CCn1c2ccccc2c2cc(N(c3ccc(-c4ccc(N(c5ccc6ncccc6c5)c5ccc6c(c5)c5ccccc5n6CC)cc4)cc3)c3ccc4ncccc4c3)ccc21. The molecular formula is C58H44N6. The number of aryl methyl sites for hydroxylation is 2. The number of rotatable bonds is 9. The number of para-hydroxylation sites is 2. The number of pyridine rings is 2. The summed E-state index contributed by atoms with van der Waals surface area (Å²) in [4.78, 5) is 14.0. The number of fused-ring (bicyclic) bond motifs is 8. The van der Waals surface area contributed by atoms with Crippen molar-refractivity contribution in [3.63, 3.8) is 0 Å². The van der Waals surface area contributed by atoms with E-state index >= 15 is 0 Å². The van der Waals surface area contributed by atoms with E-state index in [-0.39, 0.29) is 0 Å². The Balaban J connectivity index is 0.936. The molecule has 8 aromatic carbocycles. The van der Waals surface area contributed by atoms with E-state index in [1.165, 1.54) is 43.6 Å². The second kappa shape index (κ2) is 15.3. The van der Waals surface area contributed by atoms with Gasteiger partial charge < -0.3 is 18.9 Å². The van der Waals surface area contributed by atoms with Gasteiger partial charge in [-0.25, -0.2) is 0 Å². The highest BCUT2D eigenvalue weighted by Crippen LogP contribution is 2.42. The van der Waals surface area contributed by atoms with Crippen LogP contribution < -0.4 is 9.80 Å². The van der Waals surface area contributed by atoms with Crippen molar-refractivity contribution in [3.05, 3.63) is 207 Å². The molecule has 0 spiro atoms. The smallest absolute Gasteiger partial charge is 0.0703 e. The lowest BCUT2D eigenvalue weighted by Crippen LogP contribution is -2.10. The molecule has 0 unspecified atom stereocenters. The number of hydrogen-bond donors (Lipinski definition) is 0. The topological polar surface area (TPSA) is 42.1 Å². The molecule has 4 heterocycles. The highest BCUT2D eigenvalue weighted by Gasteiger charge is 2.19. The Morgan fingerprint density at radius 2 is 0.719 bits per heavy atom. The summed E-state index contributed by atoms with van der Waals surface area (Å²) >= 11 is 0. The summed E-state index contributed by atoms with van der Waals surface area (Å²) in [5.74, 6) is 0. The maximum absolute atomic E-state index is 4.62. The van der Waals surface area contributed by atoms with Gasteiger partial charge in [-0.15, -0.1) is 0 Å². The minimum absolute atomic E-state index is 0.910. The zero-order chi connectivity index (χ0) is 42.7. The van der Waals surface area contributed by atoms with Gasteiger partial charge in [-0.2, -0.15) is 0 Å². The first-order valence-electron chi connectivity index (χ1n) is 22.2. The molecule has 0 saturated carbocycles. The number of nitrogens with zero attached hydrogens (tertiary/aromatic N) is 6. The van der Waals surface area contributed by atoms with Crippen LogP contribution in [0.2, 0.25) is 0 Å². The Morgan fingerprint density at radius 3 is 1.16 bits per heavy atom. The lowest BCUT2D eigenvalue weighted by atomic mass is 10.0. The minimum atomic E-state index is 0.910. The summed E-state index contributed by atoms with van der Waals surface area (Å²) in [7, 11) is 0. The Kier molecular flexibility index (Phi) is 8.97. The summed E-state index contributed by atoms with van der Waals surface area (Å²) in [5, 5.41) is 7.24. The Morgan fingerprint density at radius 1 is 0.344 bits per heavy atom. The number of anilines is 6. The summed E-state index contributed by atoms with van der Waals surface area (Å²) in [6, 6.07) is 70.5. The van der Waals surface area contributed by atoms with Crippen LogP contribution in [0, 0.1) is 0 Å². The third-order valence-electron chi connectivity index (χ3n) is 12.9. The highest BCUT2D eigenvalue weighted by molar-refractivity contribution is 6.11. The molecule has 0 aliphatic heterocycles. The van der Waals surface area contributed by atoms with Gasteiger partial charge in [0.2, 0.25) is 0 Å². The van der Waals surface area contributed by atoms with Crippen LogP contribution in [0.25, 0.3) is 76.5 Å². The molecule has 4 aromatic heterocycles. The van der Waals surface area contributed by atoms with Crippen molar-refractivity contribution in [3.8, 4) is 11.1 Å². The second-order valence-electron chi connectivity index (χ2n) is 16.5. The van der Waals surface area contributed by atoms with Crippen LogP contribution in [0.3, 0.4) is 0 Å². The number of benzene rings is 8. The predicted molar refractivity (Wildman–Crippen MR) is 269 cm³/mol. The average molecular weight is 825 g/mol. The van der Waals surface area contributed by atoms with E-state index in [1.54, 1.807) is 0 Å². The van der Waals surface area contributed by atoms with Crippen molar-refractivity contribution < 1.29 is 0 Å². The lowest BCUT2D eigenvalue weighted by Gasteiger charge is -2.27. The molecular weight excluding hydrogens is 781 g/mol. The molecule has 6 heteroatoms. The van der Waals surface area contributed by atoms with E-state index < -0.39 is 0 Å². The van der Waals surface area contributed by atoms with Gasteiger partial charge in [0.05, 0.1) is 11.0 Å². The normalized spacial score (nSPS) is 11.7. The molecule has 0 aliphatic carbocycles. The maximum atomic E-state index is 4.62. The molecule has 306 valence electrons. The molecule has 12 aromatic rings. The molecule has 0 saturated heterocycles. The monoisotopic (exact) mass is 824 g/mol. The average Bonchev–Trinajstić information content (AvgIpc) is 3.86. The van der Waals surface area contributed by atoms with Crippen LogP contribution in [-0.4, -0.2) is 19.1 Å². The standard InChI is InChI=1S/C58H44N6/c1-3-61-55-15-7-5-13-49(55)51-37-47(27-31-57(51)61)63(45-25-29-53-41(35-45)11-9-33-59-53)43-21-17-39(18-22-43)40-19-23-44(24-20-40)64(46-26-30-54-42(36-46)12-10-34-60-54)48-28-32-58-52(38-48)50-14-6-8-16-56(50)62(58)4-2/h5-38H,3-4H2,1-2H3. The van der Waals surface area contributed by atoms with Gasteiger partial charge in [-0.3, -0.25) is 9.97 Å². The Labute approximate surface area is 371 Å². The van der Waals surface area contributed by atoms with E-state index in [0.717, 1.165) is 80.1 Å². The van der Waals surface area contributed by atoms with E-state index in [4.69, 9.17) is 0 Å². The van der Waals surface area contributed by atoms with Crippen LogP contribution in [0.15, 0.2) is 207 Å². The van der Waals surface area contributed by atoms with Gasteiger partial charge in [0.25, 0.3) is 0 Å². The molecule has 6 nitrogen and oxygen atoms in total. The molecule has 64 heavy (non-hydrogen) atoms. The number of aromatic nitrogens is 4. The zero-order valence-electron chi connectivity index (χ0n) is 35.7. The van der Waals surface area contributed by atoms with E-state index in [9.17, 15) is 0 Å². The van der Waals surface area contributed by atoms with Crippen molar-refractivity contribution in [1.29, 1.82) is 0 Å². The molecule has 0 fully saturated rings. The first-order valence-corrected chi connectivity index (χ1v) is 22.2. The Hall–Kier alpha value is -8.22. The molecule has 0 amide bonds. The fourth-order valence-electron chi connectivity index (χ4n) is 9.95. The van der Waals surface area contributed by atoms with Crippen molar-refractivity contribution in [2.75, 3.05) is 9.80 Å². The third-order valence-corrected chi connectivity index (χ3v) is 12.9. The lowest BCUT2D eigenvalue weighted by molar-refractivity contribution is 0.827. The highest BCUT2D eigenvalue weighted by atomic mass is 15.1. The van der Waals surface area contributed by atoms with Crippen LogP contribution in [-0.2, 0) is 13.1 Å². The van der Waals surface area contributed by atoms with Gasteiger partial charge in [-0.1, -0.05) is 72.8 Å². The summed E-state index contributed by atoms with van der Waals surface area (Å²) in [6.07, 6.45) is 3.71. The first kappa shape index (κ1) is 37.5. The molecule has 0 radical (unpaired) electrons. The second-order valence-corrected chi connectivity index (χ2v) is 16.5. The fraction of sp³-hybridized carbons (Fsp3) is 0.0690. The molecule has 0 N–H and O–H groups in total. The Bertz CT molecular complexity index is 3470. The third kappa shape index (κ3) is 6.17. The van der Waals surface area contributed by atoms with E-state index in [1.807, 2.05) is 24.5 Å². The minimum Gasteiger partial charge on any atom is -0.341 e. The van der Waals surface area contributed by atoms with Crippen LogP contribution in [0.5, 0.6) is 0 Å². The molecule has 0 aliphatic rings. The van der Waals surface area contributed by atoms with Crippen LogP contribution in [0.4, 0.5) is 34.1 Å². The van der Waals surface area contributed by atoms with E-state index in [0.29, 0.717) is 0 Å². The van der Waals surface area contributed by atoms with Gasteiger partial charge >= 0.3 is 0 Å².